The van der Waals surface area contributed by atoms with Gasteiger partial charge in [0.15, 0.2) is 0 Å². The fourth-order valence-corrected chi connectivity index (χ4v) is 2.27. The first-order valence-electron chi connectivity index (χ1n) is 6.10. The molecule has 0 aliphatic rings. The molecule has 0 heterocycles. The second-order valence-corrected chi connectivity index (χ2v) is 8.45. The summed E-state index contributed by atoms with van der Waals surface area (Å²) in [6, 6.07) is 0. The Kier molecular flexibility index (Phi) is 6.39. The number of nitrogens with zero attached hydrogens (tertiary/aromatic N) is 1. The average Bonchev–Trinajstić information content (AvgIpc) is 2.34. The van der Waals surface area contributed by atoms with Crippen LogP contribution in [0, 0.1) is 10.8 Å². The smallest absolute Gasteiger partial charge is 0.311 e. The Bertz CT molecular complexity index is 396. The van der Waals surface area contributed by atoms with Crippen LogP contribution in [0.15, 0.2) is 4.74 Å². The van der Waals surface area contributed by atoms with Gasteiger partial charge in [0, 0.05) is 13.7 Å². The Hall–Kier alpha value is -0.910. The maximum absolute atomic E-state index is 11.0. The number of rotatable bonds is 8. The van der Waals surface area contributed by atoms with Gasteiger partial charge >= 0.3 is 11.9 Å². The van der Waals surface area contributed by atoms with Crippen LogP contribution in [-0.2, 0) is 18.6 Å². The van der Waals surface area contributed by atoms with Gasteiger partial charge < -0.3 is 19.3 Å². The van der Waals surface area contributed by atoms with Crippen molar-refractivity contribution in [2.45, 2.75) is 27.7 Å². The summed E-state index contributed by atoms with van der Waals surface area (Å²) in [5, 5.41) is 18.1. The lowest BCUT2D eigenvalue weighted by atomic mass is 9.96. The largest absolute Gasteiger partial charge is 0.481 e. The van der Waals surface area contributed by atoms with Crippen LogP contribution in [-0.4, -0.2) is 49.1 Å². The zero-order chi connectivity index (χ0) is 16.2. The highest BCUT2D eigenvalue weighted by Crippen LogP contribution is 2.49. The van der Waals surface area contributed by atoms with E-state index in [4.69, 9.17) is 19.3 Å². The fraction of sp³-hybridized carbons (Fsp3) is 0.833. The van der Waals surface area contributed by atoms with Crippen LogP contribution in [0.1, 0.15) is 27.7 Å². The van der Waals surface area contributed by atoms with E-state index in [0.717, 1.165) is 0 Å². The van der Waals surface area contributed by atoms with Gasteiger partial charge in [-0.15, -0.1) is 0 Å². The molecule has 0 aromatic heterocycles. The molecule has 118 valence electrons. The molecule has 2 N–H and O–H groups in total. The molecule has 0 rings (SSSR count). The van der Waals surface area contributed by atoms with E-state index in [1.54, 1.807) is 6.66 Å². The second-order valence-electron chi connectivity index (χ2n) is 5.93. The molecule has 7 nitrogen and oxygen atoms in total. The van der Waals surface area contributed by atoms with Crippen LogP contribution >= 0.6 is 7.51 Å². The molecule has 0 amide bonds. The summed E-state index contributed by atoms with van der Waals surface area (Å²) >= 11 is 0. The van der Waals surface area contributed by atoms with Crippen molar-refractivity contribution in [2.75, 3.05) is 26.9 Å². The maximum Gasteiger partial charge on any atom is 0.311 e. The monoisotopic (exact) mass is 309 g/mol. The summed E-state index contributed by atoms with van der Waals surface area (Å²) in [7, 11) is -1.11. The van der Waals surface area contributed by atoms with Crippen LogP contribution in [0.5, 0.6) is 0 Å². The molecule has 0 saturated carbocycles. The van der Waals surface area contributed by atoms with Gasteiger partial charge in [-0.25, -0.2) is 0 Å². The molecule has 8 heteroatoms. The number of hydrogen-bond acceptors (Lipinski definition) is 5. The second kappa shape index (κ2) is 6.70. The normalized spacial score (nSPS) is 13.1. The molecular formula is C12H24NO6P. The topological polar surface area (TPSA) is 105 Å². The number of aliphatic carboxylic acids is 2. The summed E-state index contributed by atoms with van der Waals surface area (Å²) in [6.07, 6.45) is 0. The molecule has 0 bridgehead atoms. The molecular weight excluding hydrogens is 285 g/mol. The SMILES string of the molecule is CN=P(C)(OCC(C)(C)C(=O)O)OCC(C)(C)C(=O)O. The highest BCUT2D eigenvalue weighted by atomic mass is 31.2. The summed E-state index contributed by atoms with van der Waals surface area (Å²) < 4.78 is 15.1. The minimum absolute atomic E-state index is 0.0581. The first-order valence-corrected chi connectivity index (χ1v) is 8.12. The minimum Gasteiger partial charge on any atom is -0.481 e. The Morgan fingerprint density at radius 1 is 1.00 bits per heavy atom. The molecule has 0 fully saturated rings. The Balaban J connectivity index is 4.74. The molecule has 0 aromatic carbocycles. The summed E-state index contributed by atoms with van der Waals surface area (Å²) in [4.78, 5) is 22.0. The van der Waals surface area contributed by atoms with E-state index in [1.165, 1.54) is 34.7 Å². The summed E-state index contributed by atoms with van der Waals surface area (Å²) in [5.74, 6) is -1.96. The van der Waals surface area contributed by atoms with E-state index in [0.29, 0.717) is 0 Å². The maximum atomic E-state index is 11.0. The van der Waals surface area contributed by atoms with Crippen molar-refractivity contribution in [1.82, 2.24) is 0 Å². The predicted octanol–water partition coefficient (Wildman–Crippen LogP) is 2.53. The van der Waals surface area contributed by atoms with Crippen molar-refractivity contribution in [3.05, 3.63) is 0 Å². The number of carboxylic acids is 2. The van der Waals surface area contributed by atoms with E-state index in [2.05, 4.69) is 4.74 Å². The number of carboxylic acid groups (broad SMARTS) is 2. The fourth-order valence-electron chi connectivity index (χ4n) is 0.839. The third kappa shape index (κ3) is 5.61. The lowest BCUT2D eigenvalue weighted by Gasteiger charge is -2.28. The van der Waals surface area contributed by atoms with Gasteiger partial charge in [0.05, 0.1) is 24.0 Å². The molecule has 20 heavy (non-hydrogen) atoms. The molecule has 0 unspecified atom stereocenters. The van der Waals surface area contributed by atoms with E-state index in [1.807, 2.05) is 0 Å². The van der Waals surface area contributed by atoms with Crippen molar-refractivity contribution >= 4 is 19.4 Å². The van der Waals surface area contributed by atoms with Crippen LogP contribution in [0.4, 0.5) is 0 Å². The Labute approximate surface area is 119 Å². The molecule has 0 aliphatic heterocycles. The summed E-state index contributed by atoms with van der Waals surface area (Å²) in [6.45, 7) is 7.66. The Morgan fingerprint density at radius 2 is 1.30 bits per heavy atom. The van der Waals surface area contributed by atoms with Gasteiger partial charge in [-0.1, -0.05) is 0 Å². The van der Waals surface area contributed by atoms with Crippen molar-refractivity contribution in [2.24, 2.45) is 15.6 Å². The molecule has 0 saturated heterocycles. The molecule has 0 aromatic rings. The first kappa shape index (κ1) is 19.1. The highest BCUT2D eigenvalue weighted by molar-refractivity contribution is 7.55. The zero-order valence-corrected chi connectivity index (χ0v) is 13.7. The van der Waals surface area contributed by atoms with Crippen molar-refractivity contribution in [3.8, 4) is 0 Å². The predicted molar refractivity (Wildman–Crippen MR) is 75.9 cm³/mol. The standard InChI is InChI=1S/C12H24NO6P/c1-11(2,9(14)15)7-18-20(6,13-5)19-8-12(3,4)10(16)17/h7-8H2,1-6H3,(H,14,15)(H,16,17). The molecule has 0 atom stereocenters. The number of hydrogen-bond donors (Lipinski definition) is 2. The molecule has 0 aliphatic carbocycles. The van der Waals surface area contributed by atoms with E-state index < -0.39 is 30.3 Å². The highest BCUT2D eigenvalue weighted by Gasteiger charge is 2.33. The van der Waals surface area contributed by atoms with E-state index in [-0.39, 0.29) is 13.2 Å². The van der Waals surface area contributed by atoms with Crippen LogP contribution < -0.4 is 0 Å². The van der Waals surface area contributed by atoms with Gasteiger partial charge in [0.1, 0.15) is 0 Å². The van der Waals surface area contributed by atoms with Gasteiger partial charge in [0.2, 0.25) is 7.51 Å². The van der Waals surface area contributed by atoms with Crippen LogP contribution in [0.25, 0.3) is 0 Å². The van der Waals surface area contributed by atoms with Gasteiger partial charge in [-0.3, -0.25) is 14.3 Å². The van der Waals surface area contributed by atoms with Crippen LogP contribution in [0.2, 0.25) is 0 Å². The quantitative estimate of drug-likeness (QED) is 0.667. The van der Waals surface area contributed by atoms with Crippen molar-refractivity contribution in [1.29, 1.82) is 0 Å². The van der Waals surface area contributed by atoms with Gasteiger partial charge in [0.25, 0.3) is 0 Å². The molecule has 0 spiro atoms. The average molecular weight is 309 g/mol. The molecule has 0 radical (unpaired) electrons. The third-order valence-corrected chi connectivity index (χ3v) is 4.79. The Morgan fingerprint density at radius 3 is 1.50 bits per heavy atom. The van der Waals surface area contributed by atoms with E-state index >= 15 is 0 Å². The third-order valence-electron chi connectivity index (χ3n) is 2.85. The lowest BCUT2D eigenvalue weighted by Crippen LogP contribution is -2.30. The summed E-state index contributed by atoms with van der Waals surface area (Å²) in [5.41, 5.74) is -2.12. The first-order chi connectivity index (χ1) is 8.86. The lowest BCUT2D eigenvalue weighted by molar-refractivity contribution is -0.148. The van der Waals surface area contributed by atoms with Crippen LogP contribution in [0.3, 0.4) is 0 Å². The minimum atomic E-state index is -2.62. The van der Waals surface area contributed by atoms with Gasteiger partial charge in [-0.2, -0.15) is 0 Å². The van der Waals surface area contributed by atoms with Gasteiger partial charge in [-0.05, 0) is 27.7 Å². The van der Waals surface area contributed by atoms with Crippen molar-refractivity contribution in [3.63, 3.8) is 0 Å². The zero-order valence-electron chi connectivity index (χ0n) is 12.8. The van der Waals surface area contributed by atoms with Crippen molar-refractivity contribution < 1.29 is 28.8 Å². The number of carbonyl (C=O) groups is 2. The van der Waals surface area contributed by atoms with E-state index in [9.17, 15) is 9.59 Å².